The Bertz CT molecular complexity index is 218. The molecule has 0 aromatic rings. The third kappa shape index (κ3) is 3.18. The second-order valence-electron chi connectivity index (χ2n) is 2.00. The van der Waals surface area contributed by atoms with Crippen molar-refractivity contribution in [1.29, 1.82) is 0 Å². The summed E-state index contributed by atoms with van der Waals surface area (Å²) in [5.74, 6) is -7.16. The predicted molar refractivity (Wildman–Crippen MR) is 27.5 cm³/mol. The minimum atomic E-state index is -5.87. The zero-order chi connectivity index (χ0) is 11.6. The molecule has 0 spiro atoms. The van der Waals surface area contributed by atoms with Gasteiger partial charge in [0.2, 0.25) is 5.92 Å². The molecule has 14 heavy (non-hydrogen) atoms. The van der Waals surface area contributed by atoms with Crippen molar-refractivity contribution < 1.29 is 36.0 Å². The summed E-state index contributed by atoms with van der Waals surface area (Å²) in [6.07, 6.45) is -11.7. The lowest BCUT2D eigenvalue weighted by Crippen LogP contribution is -2.42. The largest absolute Gasteiger partial charge is 0.411 e. The van der Waals surface area contributed by atoms with Gasteiger partial charge in [-0.25, -0.2) is 4.79 Å². The minimum Gasteiger partial charge on any atom is -0.283 e. The fraction of sp³-hybridized carbons (Fsp3) is 0.750. The summed E-state index contributed by atoms with van der Waals surface area (Å²) in [6, 6.07) is 0. The van der Waals surface area contributed by atoms with Gasteiger partial charge in [0.1, 0.15) is 0 Å². The van der Waals surface area contributed by atoms with E-state index in [4.69, 9.17) is 4.91 Å². The van der Waals surface area contributed by atoms with Crippen molar-refractivity contribution in [2.45, 2.75) is 12.4 Å². The summed E-state index contributed by atoms with van der Waals surface area (Å²) in [7, 11) is 0. The summed E-state index contributed by atoms with van der Waals surface area (Å²) < 4.78 is 69.8. The van der Waals surface area contributed by atoms with Crippen LogP contribution in [-0.2, 0) is 9.63 Å². The summed E-state index contributed by atoms with van der Waals surface area (Å²) in [5, 5.41) is 1.18. The van der Waals surface area contributed by atoms with Crippen LogP contribution < -0.4 is 0 Å². The smallest absolute Gasteiger partial charge is 0.283 e. The molecule has 0 saturated heterocycles. The van der Waals surface area contributed by atoms with Gasteiger partial charge in [0.15, 0.2) is 5.34 Å². The van der Waals surface area contributed by atoms with Gasteiger partial charge in [-0.05, 0) is 0 Å². The first-order valence-corrected chi connectivity index (χ1v) is 2.77. The molecular formula is C4HF6NO3. The van der Waals surface area contributed by atoms with Crippen LogP contribution in [0.3, 0.4) is 0 Å². The van der Waals surface area contributed by atoms with Crippen LogP contribution in [0.2, 0.25) is 0 Å². The maximum Gasteiger partial charge on any atom is 0.411 e. The Morgan fingerprint density at radius 1 is 1.07 bits per heavy atom. The fourth-order valence-corrected chi connectivity index (χ4v) is 0.542. The fourth-order valence-electron chi connectivity index (χ4n) is 0.542. The van der Waals surface area contributed by atoms with Crippen molar-refractivity contribution in [3.05, 3.63) is 4.91 Å². The zero-order valence-corrected chi connectivity index (χ0v) is 6.02. The topological polar surface area (TPSA) is 55.7 Å². The van der Waals surface area contributed by atoms with Crippen LogP contribution in [0.5, 0.6) is 0 Å². The normalized spacial score (nSPS) is 12.8. The lowest BCUT2D eigenvalue weighted by atomic mass is 10.1. The molecule has 10 heteroatoms. The number of alkyl halides is 6. The van der Waals surface area contributed by atoms with E-state index in [0.717, 1.165) is 0 Å². The van der Waals surface area contributed by atoms with Crippen molar-refractivity contribution in [2.24, 2.45) is 11.3 Å². The zero-order valence-electron chi connectivity index (χ0n) is 6.02. The molecule has 0 heterocycles. The molecule has 0 aromatic carbocycles. The van der Waals surface area contributed by atoms with Crippen LogP contribution in [0.4, 0.5) is 26.3 Å². The summed E-state index contributed by atoms with van der Waals surface area (Å²) in [5.41, 5.74) is 0. The molecule has 0 aliphatic rings. The third-order valence-corrected chi connectivity index (χ3v) is 1.02. The first-order valence-electron chi connectivity index (χ1n) is 2.77. The van der Waals surface area contributed by atoms with Crippen LogP contribution in [-0.4, -0.2) is 18.3 Å². The highest BCUT2D eigenvalue weighted by molar-refractivity contribution is 5.74. The quantitative estimate of drug-likeness (QED) is 0.410. The van der Waals surface area contributed by atoms with E-state index in [0.29, 0.717) is 0 Å². The van der Waals surface area contributed by atoms with Gasteiger partial charge < -0.3 is 0 Å². The Morgan fingerprint density at radius 2 is 1.43 bits per heavy atom. The highest BCUT2D eigenvalue weighted by Crippen LogP contribution is 2.39. The van der Waals surface area contributed by atoms with Gasteiger partial charge >= 0.3 is 18.3 Å². The van der Waals surface area contributed by atoms with Crippen LogP contribution in [0, 0.1) is 10.8 Å². The second-order valence-corrected chi connectivity index (χ2v) is 2.00. The number of carbonyl (C=O) groups is 1. The van der Waals surface area contributed by atoms with Gasteiger partial charge in [0, 0.05) is 0 Å². The highest BCUT2D eigenvalue weighted by Gasteiger charge is 2.62. The van der Waals surface area contributed by atoms with Crippen LogP contribution in [0.25, 0.3) is 0 Å². The van der Waals surface area contributed by atoms with Crippen molar-refractivity contribution in [1.82, 2.24) is 0 Å². The number of hydrogen-bond acceptors (Lipinski definition) is 4. The Kier molecular flexibility index (Phi) is 3.43. The van der Waals surface area contributed by atoms with E-state index < -0.39 is 24.2 Å². The molecule has 0 aliphatic carbocycles. The van der Waals surface area contributed by atoms with Crippen LogP contribution >= 0.6 is 0 Å². The van der Waals surface area contributed by atoms with Crippen molar-refractivity contribution in [2.75, 3.05) is 0 Å². The molecule has 4 nitrogen and oxygen atoms in total. The average Bonchev–Trinajstić information content (AvgIpc) is 1.78. The highest BCUT2D eigenvalue weighted by atomic mass is 19.4. The lowest BCUT2D eigenvalue weighted by molar-refractivity contribution is -0.282. The van der Waals surface area contributed by atoms with Crippen molar-refractivity contribution in [3.8, 4) is 0 Å². The molecule has 0 saturated carbocycles. The number of hydrogen-bond donors (Lipinski definition) is 0. The number of carbonyl (C=O) groups excluding carboxylic acids is 1. The van der Waals surface area contributed by atoms with Crippen LogP contribution in [0.15, 0.2) is 5.34 Å². The van der Waals surface area contributed by atoms with Gasteiger partial charge in [-0.1, -0.05) is 0 Å². The number of halogens is 6. The van der Waals surface area contributed by atoms with Gasteiger partial charge in [-0.2, -0.15) is 26.3 Å². The maximum atomic E-state index is 11.6. The van der Waals surface area contributed by atoms with Crippen molar-refractivity contribution >= 4 is 5.97 Å². The Balaban J connectivity index is 4.93. The summed E-state index contributed by atoms with van der Waals surface area (Å²) >= 11 is 0. The molecule has 0 radical (unpaired) electrons. The van der Waals surface area contributed by atoms with E-state index >= 15 is 0 Å². The van der Waals surface area contributed by atoms with Gasteiger partial charge in [0.05, 0.1) is 0 Å². The second kappa shape index (κ2) is 3.80. The standard InChI is InChI=1S/C4HF6NO3/c5-3(6,7)1(4(8,9)10)2(12)14-11-13/h1H. The molecule has 0 atom stereocenters. The number of nitrogens with zero attached hydrogens (tertiary/aromatic N) is 1. The van der Waals surface area contributed by atoms with Crippen LogP contribution in [0.1, 0.15) is 0 Å². The molecule has 0 N–H and O–H groups in total. The first kappa shape index (κ1) is 12.7. The Labute approximate surface area is 71.8 Å². The molecule has 0 rings (SSSR count). The molecule has 0 aliphatic heterocycles. The SMILES string of the molecule is O=NOC(=O)C(C(F)(F)F)C(F)(F)F. The molecule has 82 valence electrons. The summed E-state index contributed by atoms with van der Waals surface area (Å²) in [4.78, 5) is 22.0. The predicted octanol–water partition coefficient (Wildman–Crippen LogP) is 1.95. The lowest BCUT2D eigenvalue weighted by Gasteiger charge is -2.18. The minimum absolute atomic E-state index is 1.18. The van der Waals surface area contributed by atoms with E-state index in [1.807, 2.05) is 0 Å². The van der Waals surface area contributed by atoms with Gasteiger partial charge in [-0.3, -0.25) is 4.84 Å². The molecule has 0 unspecified atom stereocenters. The summed E-state index contributed by atoms with van der Waals surface area (Å²) in [6.45, 7) is 0. The van der Waals surface area contributed by atoms with Crippen molar-refractivity contribution in [3.63, 3.8) is 0 Å². The number of rotatable bonds is 2. The monoisotopic (exact) mass is 225 g/mol. The van der Waals surface area contributed by atoms with E-state index in [1.165, 1.54) is 5.34 Å². The van der Waals surface area contributed by atoms with E-state index in [1.54, 1.807) is 0 Å². The maximum absolute atomic E-state index is 11.6. The molecule has 0 fully saturated rings. The average molecular weight is 225 g/mol. The molecular weight excluding hydrogens is 224 g/mol. The Hall–Kier alpha value is -1.35. The molecule has 0 aromatic heterocycles. The van der Waals surface area contributed by atoms with Gasteiger partial charge in [-0.15, -0.1) is 4.91 Å². The Morgan fingerprint density at radius 3 is 1.64 bits per heavy atom. The molecule has 0 amide bonds. The molecule has 0 bridgehead atoms. The first-order chi connectivity index (χ1) is 6.10. The van der Waals surface area contributed by atoms with Gasteiger partial charge in [0.25, 0.3) is 0 Å². The van der Waals surface area contributed by atoms with E-state index in [-0.39, 0.29) is 0 Å². The third-order valence-electron chi connectivity index (χ3n) is 1.02. The van der Waals surface area contributed by atoms with E-state index in [9.17, 15) is 31.1 Å². The van der Waals surface area contributed by atoms with E-state index in [2.05, 4.69) is 4.84 Å².